The molecule has 1 aromatic rings. The van der Waals surface area contributed by atoms with Crippen LogP contribution in [-0.4, -0.2) is 33.8 Å². The molecular weight excluding hydrogens is 242 g/mol. The highest BCUT2D eigenvalue weighted by Gasteiger charge is 2.26. The fourth-order valence-electron chi connectivity index (χ4n) is 2.97. The molecule has 2 N–H and O–H groups in total. The Kier molecular flexibility index (Phi) is 3.50. The fraction of sp³-hybridized carbons (Fsp3) is 0.769. The molecule has 1 amide bonds. The van der Waals surface area contributed by atoms with Crippen LogP contribution >= 0.6 is 0 Å². The van der Waals surface area contributed by atoms with Gasteiger partial charge in [-0.3, -0.25) is 4.79 Å². The van der Waals surface area contributed by atoms with Gasteiger partial charge in [0.25, 0.3) is 0 Å². The first kappa shape index (κ1) is 12.6. The molecule has 3 heterocycles. The van der Waals surface area contributed by atoms with E-state index in [-0.39, 0.29) is 17.9 Å². The van der Waals surface area contributed by atoms with Crippen molar-refractivity contribution < 1.29 is 4.79 Å². The Morgan fingerprint density at radius 1 is 1.42 bits per heavy atom. The number of piperidine rings is 1. The summed E-state index contributed by atoms with van der Waals surface area (Å²) in [6.45, 7) is 4.85. The minimum absolute atomic E-state index is 0.0539. The third-order valence-corrected chi connectivity index (χ3v) is 4.09. The molecule has 2 aliphatic rings. The Morgan fingerprint density at radius 2 is 2.21 bits per heavy atom. The van der Waals surface area contributed by atoms with Crippen LogP contribution < -0.4 is 10.6 Å². The monoisotopic (exact) mass is 263 g/mol. The molecule has 19 heavy (non-hydrogen) atoms. The van der Waals surface area contributed by atoms with Gasteiger partial charge in [-0.25, -0.2) is 0 Å². The maximum absolute atomic E-state index is 12.2. The van der Waals surface area contributed by atoms with Gasteiger partial charge in [0.15, 0.2) is 5.82 Å². The molecule has 0 spiro atoms. The van der Waals surface area contributed by atoms with E-state index in [1.54, 1.807) is 0 Å². The van der Waals surface area contributed by atoms with E-state index in [1.807, 2.05) is 6.92 Å². The number of amides is 1. The number of nitrogens with zero attached hydrogens (tertiary/aromatic N) is 3. The highest BCUT2D eigenvalue weighted by atomic mass is 16.2. The molecule has 0 aliphatic carbocycles. The summed E-state index contributed by atoms with van der Waals surface area (Å²) < 4.78 is 2.15. The lowest BCUT2D eigenvalue weighted by Crippen LogP contribution is -2.39. The number of fused-ring (bicyclic) bond motifs is 1. The quantitative estimate of drug-likeness (QED) is 0.828. The number of carbonyl (C=O) groups is 1. The van der Waals surface area contributed by atoms with E-state index in [0.717, 1.165) is 57.0 Å². The van der Waals surface area contributed by atoms with Gasteiger partial charge in [0.05, 0.1) is 6.04 Å². The zero-order valence-electron chi connectivity index (χ0n) is 11.4. The normalized spacial score (nSPS) is 21.1. The Hall–Kier alpha value is -1.43. The second kappa shape index (κ2) is 5.28. The molecule has 0 aromatic carbocycles. The van der Waals surface area contributed by atoms with Crippen LogP contribution in [0.25, 0.3) is 0 Å². The minimum atomic E-state index is -0.0539. The Bertz CT molecular complexity index is 464. The molecule has 1 aromatic heterocycles. The zero-order valence-corrected chi connectivity index (χ0v) is 11.4. The number of aryl methyl sites for hydroxylation is 1. The highest BCUT2D eigenvalue weighted by molar-refractivity contribution is 5.79. The van der Waals surface area contributed by atoms with Crippen LogP contribution in [0.1, 0.15) is 43.9 Å². The maximum Gasteiger partial charge on any atom is 0.223 e. The Balaban J connectivity index is 1.64. The first-order chi connectivity index (χ1) is 9.25. The van der Waals surface area contributed by atoms with Crippen molar-refractivity contribution in [2.45, 2.75) is 45.2 Å². The first-order valence-electron chi connectivity index (χ1n) is 7.19. The lowest BCUT2D eigenvalue weighted by Gasteiger charge is -2.23. The van der Waals surface area contributed by atoms with E-state index in [1.165, 1.54) is 0 Å². The van der Waals surface area contributed by atoms with Gasteiger partial charge in [-0.2, -0.15) is 0 Å². The van der Waals surface area contributed by atoms with Gasteiger partial charge in [-0.15, -0.1) is 10.2 Å². The molecule has 1 unspecified atom stereocenters. The number of rotatable bonds is 3. The summed E-state index contributed by atoms with van der Waals surface area (Å²) in [4.78, 5) is 12.2. The van der Waals surface area contributed by atoms with Crippen molar-refractivity contribution in [3.63, 3.8) is 0 Å². The number of hydrogen-bond acceptors (Lipinski definition) is 4. The van der Waals surface area contributed by atoms with Crippen LogP contribution in [0.15, 0.2) is 0 Å². The molecule has 0 saturated carbocycles. The van der Waals surface area contributed by atoms with Gasteiger partial charge < -0.3 is 15.2 Å². The summed E-state index contributed by atoms with van der Waals surface area (Å²) in [6.07, 6.45) is 3.99. The molecular formula is C13H21N5O. The van der Waals surface area contributed by atoms with Crippen LogP contribution in [0.4, 0.5) is 0 Å². The van der Waals surface area contributed by atoms with E-state index >= 15 is 0 Å². The average Bonchev–Trinajstić information content (AvgIpc) is 3.01. The molecule has 0 bridgehead atoms. The van der Waals surface area contributed by atoms with Crippen LogP contribution in [0.5, 0.6) is 0 Å². The lowest BCUT2D eigenvalue weighted by molar-refractivity contribution is -0.126. The summed E-state index contributed by atoms with van der Waals surface area (Å²) in [7, 11) is 0. The predicted molar refractivity (Wildman–Crippen MR) is 70.5 cm³/mol. The van der Waals surface area contributed by atoms with Crippen molar-refractivity contribution in [1.29, 1.82) is 0 Å². The smallest absolute Gasteiger partial charge is 0.223 e. The van der Waals surface area contributed by atoms with Crippen molar-refractivity contribution in [1.82, 2.24) is 25.4 Å². The summed E-state index contributed by atoms with van der Waals surface area (Å²) >= 11 is 0. The number of nitrogens with one attached hydrogen (secondary N) is 2. The molecule has 3 rings (SSSR count). The van der Waals surface area contributed by atoms with Crippen molar-refractivity contribution >= 4 is 5.91 Å². The summed E-state index contributed by atoms with van der Waals surface area (Å²) in [6, 6.07) is -0.0539. The van der Waals surface area contributed by atoms with Crippen molar-refractivity contribution in [3.8, 4) is 0 Å². The fourth-order valence-corrected chi connectivity index (χ4v) is 2.97. The van der Waals surface area contributed by atoms with E-state index in [0.29, 0.717) is 0 Å². The zero-order chi connectivity index (χ0) is 13.2. The average molecular weight is 263 g/mol. The third kappa shape index (κ3) is 2.49. The standard InChI is InChI=1S/C13H21N5O/c1-9(12-17-16-11-3-2-8-18(11)12)15-13(19)10-4-6-14-7-5-10/h9-10,14H,2-8H2,1H3,(H,15,19). The number of hydrogen-bond donors (Lipinski definition) is 2. The van der Waals surface area contributed by atoms with E-state index < -0.39 is 0 Å². The van der Waals surface area contributed by atoms with Crippen LogP contribution in [0, 0.1) is 5.92 Å². The third-order valence-electron chi connectivity index (χ3n) is 4.09. The van der Waals surface area contributed by atoms with Crippen LogP contribution in [0.2, 0.25) is 0 Å². The van der Waals surface area contributed by atoms with Gasteiger partial charge >= 0.3 is 0 Å². The van der Waals surface area contributed by atoms with Gasteiger partial charge in [0.1, 0.15) is 5.82 Å². The summed E-state index contributed by atoms with van der Waals surface area (Å²) in [5.41, 5.74) is 0. The Morgan fingerprint density at radius 3 is 3.00 bits per heavy atom. The van der Waals surface area contributed by atoms with E-state index in [9.17, 15) is 4.79 Å². The number of aromatic nitrogens is 3. The van der Waals surface area contributed by atoms with Crippen LogP contribution in [-0.2, 0) is 17.8 Å². The van der Waals surface area contributed by atoms with E-state index in [4.69, 9.17) is 0 Å². The van der Waals surface area contributed by atoms with Gasteiger partial charge in [0.2, 0.25) is 5.91 Å². The molecule has 1 saturated heterocycles. The van der Waals surface area contributed by atoms with Gasteiger partial charge in [-0.05, 0) is 39.3 Å². The van der Waals surface area contributed by atoms with Crippen molar-refractivity contribution in [2.75, 3.05) is 13.1 Å². The number of carbonyl (C=O) groups excluding carboxylic acids is 1. The SMILES string of the molecule is CC(NC(=O)C1CCNCC1)c1nnc2n1CCC2. The topological polar surface area (TPSA) is 71.8 Å². The molecule has 1 atom stereocenters. The molecule has 6 heteroatoms. The van der Waals surface area contributed by atoms with E-state index in [2.05, 4.69) is 25.4 Å². The predicted octanol–water partition coefficient (Wildman–Crippen LogP) is 0.401. The maximum atomic E-state index is 12.2. The largest absolute Gasteiger partial charge is 0.346 e. The highest BCUT2D eigenvalue weighted by Crippen LogP contribution is 2.20. The molecule has 6 nitrogen and oxygen atoms in total. The summed E-state index contributed by atoms with van der Waals surface area (Å²) in [5.74, 6) is 2.25. The second-order valence-corrected chi connectivity index (χ2v) is 5.48. The molecule has 1 fully saturated rings. The molecule has 104 valence electrons. The lowest BCUT2D eigenvalue weighted by atomic mass is 9.97. The van der Waals surface area contributed by atoms with Crippen molar-refractivity contribution in [3.05, 3.63) is 11.6 Å². The van der Waals surface area contributed by atoms with Crippen LogP contribution in [0.3, 0.4) is 0 Å². The minimum Gasteiger partial charge on any atom is -0.346 e. The Labute approximate surface area is 113 Å². The second-order valence-electron chi connectivity index (χ2n) is 5.48. The van der Waals surface area contributed by atoms with Gasteiger partial charge in [0, 0.05) is 18.9 Å². The first-order valence-corrected chi connectivity index (χ1v) is 7.19. The van der Waals surface area contributed by atoms with Gasteiger partial charge in [-0.1, -0.05) is 0 Å². The summed E-state index contributed by atoms with van der Waals surface area (Å²) in [5, 5.41) is 14.8. The molecule has 0 radical (unpaired) electrons. The molecule has 2 aliphatic heterocycles. The van der Waals surface area contributed by atoms with Crippen molar-refractivity contribution in [2.24, 2.45) is 5.92 Å².